The summed E-state index contributed by atoms with van der Waals surface area (Å²) in [6.45, 7) is 0.752. The number of aromatic nitrogens is 3. The quantitative estimate of drug-likeness (QED) is 0.436. The summed E-state index contributed by atoms with van der Waals surface area (Å²) in [5.41, 5.74) is 1.83. The monoisotopic (exact) mass is 442 g/mol. The summed E-state index contributed by atoms with van der Waals surface area (Å²) in [5, 5.41) is 9.44. The fourth-order valence-corrected chi connectivity index (χ4v) is 3.58. The molecule has 152 valence electrons. The van der Waals surface area contributed by atoms with Gasteiger partial charge in [0.05, 0.1) is 11.4 Å². The molecule has 1 N–H and O–H groups in total. The predicted octanol–water partition coefficient (Wildman–Crippen LogP) is 5.01. The molecule has 0 unspecified atom stereocenters. The van der Waals surface area contributed by atoms with E-state index < -0.39 is 0 Å². The van der Waals surface area contributed by atoms with Gasteiger partial charge in [0.25, 0.3) is 5.91 Å². The lowest BCUT2D eigenvalue weighted by Gasteiger charge is -2.04. The van der Waals surface area contributed by atoms with Crippen molar-refractivity contribution in [3.8, 4) is 5.75 Å². The second kappa shape index (κ2) is 9.06. The van der Waals surface area contributed by atoms with Crippen molar-refractivity contribution in [2.45, 2.75) is 13.2 Å². The third-order valence-electron chi connectivity index (χ3n) is 4.10. The van der Waals surface area contributed by atoms with Crippen LogP contribution >= 0.6 is 22.9 Å². The Morgan fingerprint density at radius 1 is 1.17 bits per heavy atom. The number of hydrogen-bond acceptors (Lipinski definition) is 5. The lowest BCUT2D eigenvalue weighted by Crippen LogP contribution is -2.12. The van der Waals surface area contributed by atoms with Gasteiger partial charge in [-0.3, -0.25) is 10.1 Å². The van der Waals surface area contributed by atoms with Gasteiger partial charge in [-0.15, -0.1) is 16.4 Å². The van der Waals surface area contributed by atoms with Crippen LogP contribution in [0.5, 0.6) is 5.75 Å². The molecule has 0 radical (unpaired) electrons. The largest absolute Gasteiger partial charge is 0.489 e. The van der Waals surface area contributed by atoms with Crippen LogP contribution in [0.1, 0.15) is 20.8 Å². The molecule has 0 spiro atoms. The molecule has 2 aromatic heterocycles. The fraction of sp³-hybridized carbons (Fsp3) is 0.0952. The van der Waals surface area contributed by atoms with Crippen LogP contribution in [-0.2, 0) is 13.2 Å². The molecule has 2 aromatic carbocycles. The Balaban J connectivity index is 1.33. The Hall–Kier alpha value is -3.23. The molecule has 1 amide bonds. The smallest absolute Gasteiger partial charge is 0.268 e. The Kier molecular flexibility index (Phi) is 6.06. The highest BCUT2D eigenvalue weighted by atomic mass is 35.5. The Bertz CT molecular complexity index is 1160. The van der Waals surface area contributed by atoms with Crippen molar-refractivity contribution in [3.63, 3.8) is 0 Å². The van der Waals surface area contributed by atoms with Crippen LogP contribution in [0.3, 0.4) is 0 Å². The van der Waals surface area contributed by atoms with Gasteiger partial charge >= 0.3 is 0 Å². The number of carbonyl (C=O) groups excluding carboxylic acids is 1. The number of hydrogen-bond donors (Lipinski definition) is 1. The van der Waals surface area contributed by atoms with Crippen molar-refractivity contribution in [1.82, 2.24) is 14.8 Å². The standard InChI is InChI=1S/C21H16ClFN4O2S/c22-16-6-4-14(5-7-16)10-27-13-24-21(26-27)25-20(28)19-8-15(12-30-19)11-29-18-3-1-2-17(23)9-18/h1-9,12-13H,10-11H2,(H,25,26,28). The zero-order chi connectivity index (χ0) is 20.9. The highest BCUT2D eigenvalue weighted by Gasteiger charge is 2.12. The van der Waals surface area contributed by atoms with Crippen molar-refractivity contribution in [2.24, 2.45) is 0 Å². The van der Waals surface area contributed by atoms with E-state index in [0.717, 1.165) is 11.1 Å². The highest BCUT2D eigenvalue weighted by molar-refractivity contribution is 7.12. The van der Waals surface area contributed by atoms with Crippen LogP contribution in [0.4, 0.5) is 10.3 Å². The number of ether oxygens (including phenoxy) is 1. The maximum absolute atomic E-state index is 13.2. The summed E-state index contributed by atoms with van der Waals surface area (Å²) in [6, 6.07) is 15.1. The van der Waals surface area contributed by atoms with Crippen molar-refractivity contribution in [1.29, 1.82) is 0 Å². The first-order valence-corrected chi connectivity index (χ1v) is 10.2. The highest BCUT2D eigenvalue weighted by Crippen LogP contribution is 2.19. The summed E-state index contributed by atoms with van der Waals surface area (Å²) in [6.07, 6.45) is 1.55. The predicted molar refractivity (Wildman–Crippen MR) is 114 cm³/mol. The molecule has 0 saturated carbocycles. The molecule has 0 aliphatic carbocycles. The van der Waals surface area contributed by atoms with Crippen molar-refractivity contribution in [3.05, 3.63) is 93.1 Å². The van der Waals surface area contributed by atoms with Crippen LogP contribution in [0.25, 0.3) is 0 Å². The van der Waals surface area contributed by atoms with Crippen molar-refractivity contribution < 1.29 is 13.9 Å². The molecule has 9 heteroatoms. The molecule has 30 heavy (non-hydrogen) atoms. The maximum atomic E-state index is 13.2. The van der Waals surface area contributed by atoms with E-state index in [2.05, 4.69) is 15.4 Å². The zero-order valence-corrected chi connectivity index (χ0v) is 17.2. The van der Waals surface area contributed by atoms with Gasteiger partial charge in [-0.1, -0.05) is 29.8 Å². The summed E-state index contributed by atoms with van der Waals surface area (Å²) >= 11 is 7.17. The second-order valence-corrected chi connectivity index (χ2v) is 7.76. The first-order chi connectivity index (χ1) is 14.5. The van der Waals surface area contributed by atoms with E-state index in [1.165, 1.54) is 23.5 Å². The second-order valence-electron chi connectivity index (χ2n) is 6.41. The molecule has 0 atom stereocenters. The number of amides is 1. The third kappa shape index (κ3) is 5.22. The van der Waals surface area contributed by atoms with E-state index in [4.69, 9.17) is 16.3 Å². The molecule has 0 fully saturated rings. The number of nitrogens with one attached hydrogen (secondary N) is 1. The van der Waals surface area contributed by atoms with E-state index in [0.29, 0.717) is 22.2 Å². The first kappa shape index (κ1) is 20.1. The van der Waals surface area contributed by atoms with Gasteiger partial charge in [0.15, 0.2) is 0 Å². The van der Waals surface area contributed by atoms with Crippen LogP contribution in [0, 0.1) is 5.82 Å². The summed E-state index contributed by atoms with van der Waals surface area (Å²) in [4.78, 5) is 17.1. The number of rotatable bonds is 7. The lowest BCUT2D eigenvalue weighted by atomic mass is 10.2. The van der Waals surface area contributed by atoms with Gasteiger partial charge in [0.1, 0.15) is 24.5 Å². The van der Waals surface area contributed by atoms with Crippen LogP contribution in [0.15, 0.2) is 66.3 Å². The number of halogens is 2. The molecule has 0 bridgehead atoms. The van der Waals surface area contributed by atoms with Crippen LogP contribution in [-0.4, -0.2) is 20.7 Å². The van der Waals surface area contributed by atoms with Gasteiger partial charge < -0.3 is 4.74 Å². The minimum atomic E-state index is -0.360. The topological polar surface area (TPSA) is 69.0 Å². The Morgan fingerprint density at radius 2 is 2.00 bits per heavy atom. The van der Waals surface area contributed by atoms with E-state index in [1.54, 1.807) is 29.2 Å². The Labute approximate surface area is 180 Å². The van der Waals surface area contributed by atoms with Gasteiger partial charge in [0.2, 0.25) is 5.95 Å². The third-order valence-corrected chi connectivity index (χ3v) is 5.33. The summed E-state index contributed by atoms with van der Waals surface area (Å²) in [5.74, 6) is -0.00955. The lowest BCUT2D eigenvalue weighted by molar-refractivity contribution is 0.102. The molecule has 0 aliphatic rings. The van der Waals surface area contributed by atoms with Crippen LogP contribution < -0.4 is 10.1 Å². The summed E-state index contributed by atoms with van der Waals surface area (Å²) in [7, 11) is 0. The number of carbonyl (C=O) groups is 1. The SMILES string of the molecule is O=C(Nc1ncn(Cc2ccc(Cl)cc2)n1)c1cc(COc2cccc(F)c2)cs1. The van der Waals surface area contributed by atoms with E-state index in [9.17, 15) is 9.18 Å². The van der Waals surface area contributed by atoms with Crippen molar-refractivity contribution in [2.75, 3.05) is 5.32 Å². The molecule has 6 nitrogen and oxygen atoms in total. The molecule has 2 heterocycles. The molecule has 0 aliphatic heterocycles. The summed E-state index contributed by atoms with van der Waals surface area (Å²) < 4.78 is 20.4. The van der Waals surface area contributed by atoms with Gasteiger partial charge in [0, 0.05) is 16.7 Å². The van der Waals surface area contributed by atoms with Crippen molar-refractivity contribution >= 4 is 34.8 Å². The first-order valence-electron chi connectivity index (χ1n) is 8.96. The van der Waals surface area contributed by atoms with Crippen LogP contribution in [0.2, 0.25) is 5.02 Å². The van der Waals surface area contributed by atoms with E-state index in [1.807, 2.05) is 29.6 Å². The van der Waals surface area contributed by atoms with E-state index >= 15 is 0 Å². The Morgan fingerprint density at radius 3 is 2.80 bits per heavy atom. The normalized spacial score (nSPS) is 10.7. The zero-order valence-electron chi connectivity index (χ0n) is 15.6. The molecular weight excluding hydrogens is 427 g/mol. The number of nitrogens with zero attached hydrogens (tertiary/aromatic N) is 3. The van der Waals surface area contributed by atoms with Gasteiger partial charge in [-0.2, -0.15) is 0 Å². The van der Waals surface area contributed by atoms with Gasteiger partial charge in [-0.05, 0) is 41.3 Å². The number of benzene rings is 2. The molecular formula is C21H16ClFN4O2S. The maximum Gasteiger partial charge on any atom is 0.268 e. The fourth-order valence-electron chi connectivity index (χ4n) is 2.66. The molecule has 4 aromatic rings. The minimum absolute atomic E-state index is 0.222. The average Bonchev–Trinajstić information content (AvgIpc) is 3.38. The number of anilines is 1. The average molecular weight is 443 g/mol. The van der Waals surface area contributed by atoms with Gasteiger partial charge in [-0.25, -0.2) is 14.1 Å². The molecule has 0 saturated heterocycles. The molecule has 4 rings (SSSR count). The minimum Gasteiger partial charge on any atom is -0.489 e. The van der Waals surface area contributed by atoms with E-state index in [-0.39, 0.29) is 24.3 Å². The number of thiophene rings is 1.